The molecule has 0 saturated carbocycles. The Hall–Kier alpha value is -3.36. The normalized spacial score (nSPS) is 14.1. The highest BCUT2D eigenvalue weighted by molar-refractivity contribution is 6.33. The molecule has 0 bridgehead atoms. The summed E-state index contributed by atoms with van der Waals surface area (Å²) in [6.07, 6.45) is 3.72. The van der Waals surface area contributed by atoms with Gasteiger partial charge in [-0.2, -0.15) is 4.98 Å². The second-order valence-electron chi connectivity index (χ2n) is 10.3. The number of aryl methyl sites for hydroxylation is 1. The van der Waals surface area contributed by atoms with Gasteiger partial charge in [-0.15, -0.1) is 0 Å². The van der Waals surface area contributed by atoms with Crippen LogP contribution in [0.2, 0.25) is 5.02 Å². The van der Waals surface area contributed by atoms with Crippen molar-refractivity contribution in [1.29, 1.82) is 0 Å². The van der Waals surface area contributed by atoms with Crippen LogP contribution in [-0.4, -0.2) is 35.1 Å². The van der Waals surface area contributed by atoms with Crippen molar-refractivity contribution in [2.75, 3.05) is 23.7 Å². The molecule has 3 aromatic rings. The molecule has 0 unspecified atom stereocenters. The molecule has 0 aliphatic carbocycles. The number of carbonyl (C=O) groups is 1. The van der Waals surface area contributed by atoms with Crippen LogP contribution in [0.15, 0.2) is 36.5 Å². The maximum absolute atomic E-state index is 12.2. The molecule has 38 heavy (non-hydrogen) atoms. The van der Waals surface area contributed by atoms with Crippen molar-refractivity contribution >= 4 is 40.6 Å². The van der Waals surface area contributed by atoms with Gasteiger partial charge in [0.15, 0.2) is 5.82 Å². The topological polar surface area (TPSA) is 114 Å². The first-order chi connectivity index (χ1) is 18.1. The van der Waals surface area contributed by atoms with Crippen LogP contribution >= 0.6 is 11.6 Å². The van der Waals surface area contributed by atoms with E-state index in [0.717, 1.165) is 42.9 Å². The molecular weight excluding hydrogens is 500 g/mol. The van der Waals surface area contributed by atoms with Crippen LogP contribution in [0, 0.1) is 6.92 Å². The highest BCUT2D eigenvalue weighted by atomic mass is 35.5. The van der Waals surface area contributed by atoms with Crippen molar-refractivity contribution in [2.45, 2.75) is 65.4 Å². The van der Waals surface area contributed by atoms with E-state index >= 15 is 0 Å². The SMILES string of the molecule is Cc1cc(OC(C)C)c(Nc2ncc(Cl)c(Nc3c(C(N)=O)cccc3C(C)C)n2)cc1C1CCNCC1. The smallest absolute Gasteiger partial charge is 0.250 e. The zero-order valence-electron chi connectivity index (χ0n) is 22.7. The monoisotopic (exact) mass is 536 g/mol. The summed E-state index contributed by atoms with van der Waals surface area (Å²) in [4.78, 5) is 21.3. The molecule has 5 N–H and O–H groups in total. The fourth-order valence-electron chi connectivity index (χ4n) is 4.87. The third-order valence-electron chi connectivity index (χ3n) is 6.73. The Morgan fingerprint density at radius 1 is 1.16 bits per heavy atom. The van der Waals surface area contributed by atoms with Crippen molar-refractivity contribution < 1.29 is 9.53 Å². The molecular formula is C29H37ClN6O2. The molecule has 1 amide bonds. The number of hydrogen-bond donors (Lipinski definition) is 4. The number of rotatable bonds is 9. The first-order valence-electron chi connectivity index (χ1n) is 13.1. The fraction of sp³-hybridized carbons (Fsp3) is 0.414. The summed E-state index contributed by atoms with van der Waals surface area (Å²) >= 11 is 6.50. The van der Waals surface area contributed by atoms with Crippen LogP contribution in [0.5, 0.6) is 5.75 Å². The average Bonchev–Trinajstić information content (AvgIpc) is 2.87. The number of para-hydroxylation sites is 1. The number of nitrogens with two attached hydrogens (primary N) is 1. The van der Waals surface area contributed by atoms with Gasteiger partial charge in [0.25, 0.3) is 5.91 Å². The number of anilines is 4. The number of halogens is 1. The fourth-order valence-corrected chi connectivity index (χ4v) is 5.01. The van der Waals surface area contributed by atoms with Gasteiger partial charge >= 0.3 is 0 Å². The molecule has 1 aliphatic rings. The van der Waals surface area contributed by atoms with Crippen LogP contribution in [0.25, 0.3) is 0 Å². The van der Waals surface area contributed by atoms with E-state index in [4.69, 9.17) is 22.1 Å². The minimum atomic E-state index is -0.529. The standard InChI is InChI=1S/C29H37ClN6O2/c1-16(2)20-7-6-8-21(27(31)37)26(20)35-28-23(30)15-33-29(36-28)34-24-14-22(19-9-11-32-12-10-19)18(5)13-25(24)38-17(3)4/h6-8,13-17,19,32H,9-12H2,1-5H3,(H2,31,37)(H2,33,34,35,36). The summed E-state index contributed by atoms with van der Waals surface area (Å²) in [6.45, 7) is 12.3. The number of aromatic nitrogens is 2. The lowest BCUT2D eigenvalue weighted by Crippen LogP contribution is -2.27. The second kappa shape index (κ2) is 12.0. The maximum Gasteiger partial charge on any atom is 0.250 e. The first kappa shape index (κ1) is 27.7. The number of carbonyl (C=O) groups excluding carboxylic acids is 1. The van der Waals surface area contributed by atoms with Crippen LogP contribution in [-0.2, 0) is 0 Å². The summed E-state index contributed by atoms with van der Waals surface area (Å²) in [5.74, 6) is 1.56. The molecule has 202 valence electrons. The van der Waals surface area contributed by atoms with Crippen LogP contribution in [0.3, 0.4) is 0 Å². The maximum atomic E-state index is 12.2. The summed E-state index contributed by atoms with van der Waals surface area (Å²) < 4.78 is 6.15. The largest absolute Gasteiger partial charge is 0.489 e. The van der Waals surface area contributed by atoms with Gasteiger partial charge in [-0.1, -0.05) is 37.6 Å². The van der Waals surface area contributed by atoms with Gasteiger partial charge in [0.1, 0.15) is 10.8 Å². The molecule has 0 spiro atoms. The van der Waals surface area contributed by atoms with Crippen LogP contribution < -0.4 is 26.4 Å². The van der Waals surface area contributed by atoms with Crippen molar-refractivity contribution in [3.05, 3.63) is 63.8 Å². The number of nitrogens with zero attached hydrogens (tertiary/aromatic N) is 2. The third kappa shape index (κ3) is 6.37. The van der Waals surface area contributed by atoms with Crippen molar-refractivity contribution in [1.82, 2.24) is 15.3 Å². The zero-order chi connectivity index (χ0) is 27.4. The van der Waals surface area contributed by atoms with Gasteiger partial charge in [-0.05, 0) is 93.4 Å². The average molecular weight is 537 g/mol. The number of primary amides is 1. The van der Waals surface area contributed by atoms with E-state index in [2.05, 4.69) is 45.0 Å². The van der Waals surface area contributed by atoms with E-state index in [1.165, 1.54) is 17.3 Å². The molecule has 1 aliphatic heterocycles. The molecule has 0 atom stereocenters. The number of nitrogens with one attached hydrogen (secondary N) is 3. The predicted octanol–water partition coefficient (Wildman–Crippen LogP) is 6.40. The lowest BCUT2D eigenvalue weighted by Gasteiger charge is -2.26. The number of ether oxygens (including phenoxy) is 1. The van der Waals surface area contributed by atoms with Gasteiger partial charge in [0.2, 0.25) is 5.95 Å². The Bertz CT molecular complexity index is 1300. The van der Waals surface area contributed by atoms with Crippen molar-refractivity contribution in [3.8, 4) is 5.75 Å². The van der Waals surface area contributed by atoms with Crippen molar-refractivity contribution in [2.24, 2.45) is 5.73 Å². The van der Waals surface area contributed by atoms with Crippen LogP contribution in [0.1, 0.15) is 79.4 Å². The predicted molar refractivity (Wildman–Crippen MR) is 154 cm³/mol. The van der Waals surface area contributed by atoms with Gasteiger partial charge in [-0.25, -0.2) is 4.98 Å². The molecule has 2 heterocycles. The van der Waals surface area contributed by atoms with E-state index in [1.807, 2.05) is 39.8 Å². The Morgan fingerprint density at radius 2 is 1.89 bits per heavy atom. The Labute approximate surface area is 229 Å². The van der Waals surface area contributed by atoms with Gasteiger partial charge in [-0.3, -0.25) is 4.79 Å². The summed E-state index contributed by atoms with van der Waals surface area (Å²) in [6, 6.07) is 9.72. The minimum Gasteiger partial charge on any atom is -0.489 e. The molecule has 1 aromatic heterocycles. The number of hydrogen-bond acceptors (Lipinski definition) is 7. The lowest BCUT2D eigenvalue weighted by atomic mass is 9.87. The summed E-state index contributed by atoms with van der Waals surface area (Å²) in [5, 5.41) is 10.4. The molecule has 2 aromatic carbocycles. The summed E-state index contributed by atoms with van der Waals surface area (Å²) in [7, 11) is 0. The molecule has 9 heteroatoms. The molecule has 1 fully saturated rings. The highest BCUT2D eigenvalue weighted by Crippen LogP contribution is 2.38. The number of amides is 1. The van der Waals surface area contributed by atoms with E-state index < -0.39 is 5.91 Å². The second-order valence-corrected chi connectivity index (χ2v) is 10.7. The summed E-state index contributed by atoms with van der Waals surface area (Å²) in [5.41, 5.74) is 10.9. The number of benzene rings is 2. The molecule has 4 rings (SSSR count). The Balaban J connectivity index is 1.71. The van der Waals surface area contributed by atoms with E-state index in [0.29, 0.717) is 34.0 Å². The van der Waals surface area contributed by atoms with E-state index in [1.54, 1.807) is 6.07 Å². The van der Waals surface area contributed by atoms with Crippen molar-refractivity contribution in [3.63, 3.8) is 0 Å². The van der Waals surface area contributed by atoms with E-state index in [-0.39, 0.29) is 12.0 Å². The van der Waals surface area contributed by atoms with Gasteiger partial charge < -0.3 is 26.4 Å². The number of piperidine rings is 1. The minimum absolute atomic E-state index is 0.00259. The first-order valence-corrected chi connectivity index (χ1v) is 13.5. The van der Waals surface area contributed by atoms with E-state index in [9.17, 15) is 4.79 Å². The van der Waals surface area contributed by atoms with Crippen LogP contribution in [0.4, 0.5) is 23.1 Å². The molecule has 0 radical (unpaired) electrons. The van der Waals surface area contributed by atoms with Gasteiger partial charge in [0, 0.05) is 0 Å². The Kier molecular flexibility index (Phi) is 8.74. The third-order valence-corrected chi connectivity index (χ3v) is 7.00. The highest BCUT2D eigenvalue weighted by Gasteiger charge is 2.21. The molecule has 1 saturated heterocycles. The zero-order valence-corrected chi connectivity index (χ0v) is 23.4. The molecule has 8 nitrogen and oxygen atoms in total. The Morgan fingerprint density at radius 3 is 2.55 bits per heavy atom. The van der Waals surface area contributed by atoms with Gasteiger partial charge in [0.05, 0.1) is 29.2 Å². The quantitative estimate of drug-likeness (QED) is 0.250. The lowest BCUT2D eigenvalue weighted by molar-refractivity contribution is 0.100.